The molecule has 1 N–H and O–H groups in total. The van der Waals surface area contributed by atoms with Gasteiger partial charge in [-0.15, -0.1) is 0 Å². The third-order valence-electron chi connectivity index (χ3n) is 3.10. The number of para-hydroxylation sites is 1. The molecular formula is C16H16N2O. The quantitative estimate of drug-likeness (QED) is 0.670. The highest BCUT2D eigenvalue weighted by molar-refractivity contribution is 5.81. The molecule has 2 aromatic carbocycles. The van der Waals surface area contributed by atoms with Crippen LogP contribution in [-0.2, 0) is 6.42 Å². The predicted molar refractivity (Wildman–Crippen MR) is 77.9 cm³/mol. The molecule has 0 amide bonds. The normalized spacial score (nSPS) is 17.2. The molecule has 0 aromatic heterocycles. The molecule has 0 aliphatic carbocycles. The number of rotatable bonds is 3. The molecule has 0 saturated heterocycles. The number of anilines is 1. The van der Waals surface area contributed by atoms with Crippen LogP contribution in [0.2, 0.25) is 0 Å². The lowest BCUT2D eigenvalue weighted by molar-refractivity contribution is 0.254. The van der Waals surface area contributed by atoms with Crippen LogP contribution in [-0.4, -0.2) is 12.3 Å². The minimum absolute atomic E-state index is 0.282. The third kappa shape index (κ3) is 2.76. The van der Waals surface area contributed by atoms with Gasteiger partial charge in [0.25, 0.3) is 0 Å². The minimum atomic E-state index is 0.282. The Bertz CT molecular complexity index is 593. The van der Waals surface area contributed by atoms with Gasteiger partial charge in [0.05, 0.1) is 11.9 Å². The van der Waals surface area contributed by atoms with Gasteiger partial charge in [-0.05, 0) is 48.4 Å². The fraction of sp³-hybridized carbons (Fsp3) is 0.188. The van der Waals surface area contributed by atoms with Crippen LogP contribution in [0.5, 0.6) is 5.75 Å². The summed E-state index contributed by atoms with van der Waals surface area (Å²) in [6.45, 7) is 2.09. The van der Waals surface area contributed by atoms with Crippen molar-refractivity contribution in [1.29, 1.82) is 0 Å². The molecule has 1 heterocycles. The van der Waals surface area contributed by atoms with Crippen LogP contribution in [0.15, 0.2) is 53.6 Å². The third-order valence-corrected chi connectivity index (χ3v) is 3.10. The van der Waals surface area contributed by atoms with Crippen LogP contribution in [0.3, 0.4) is 0 Å². The molecule has 1 aliphatic rings. The molecule has 3 rings (SSSR count). The van der Waals surface area contributed by atoms with Gasteiger partial charge < -0.3 is 4.74 Å². The van der Waals surface area contributed by atoms with E-state index < -0.39 is 0 Å². The Balaban J connectivity index is 1.69. The van der Waals surface area contributed by atoms with Crippen molar-refractivity contribution >= 4 is 11.9 Å². The largest absolute Gasteiger partial charge is 0.490 e. The van der Waals surface area contributed by atoms with E-state index in [4.69, 9.17) is 4.74 Å². The van der Waals surface area contributed by atoms with E-state index >= 15 is 0 Å². The number of benzene rings is 2. The second kappa shape index (κ2) is 5.14. The number of fused-ring (bicyclic) bond motifs is 1. The fourth-order valence-corrected chi connectivity index (χ4v) is 2.22. The summed E-state index contributed by atoms with van der Waals surface area (Å²) < 4.78 is 5.68. The molecule has 0 radical (unpaired) electrons. The van der Waals surface area contributed by atoms with Crippen LogP contribution in [0.25, 0.3) is 0 Å². The van der Waals surface area contributed by atoms with Gasteiger partial charge in [0.15, 0.2) is 0 Å². The smallest absolute Gasteiger partial charge is 0.123 e. The molecule has 0 spiro atoms. The number of hydrogen-bond donors (Lipinski definition) is 1. The van der Waals surface area contributed by atoms with Crippen LogP contribution in [0.4, 0.5) is 5.69 Å². The zero-order chi connectivity index (χ0) is 13.1. The number of nitrogens with zero attached hydrogens (tertiary/aromatic N) is 1. The Kier molecular flexibility index (Phi) is 3.19. The van der Waals surface area contributed by atoms with Crippen molar-refractivity contribution in [3.05, 3.63) is 59.7 Å². The van der Waals surface area contributed by atoms with Gasteiger partial charge in [0.1, 0.15) is 11.9 Å². The topological polar surface area (TPSA) is 33.6 Å². The Morgan fingerprint density at radius 1 is 1.21 bits per heavy atom. The first-order chi connectivity index (χ1) is 9.31. The molecule has 0 fully saturated rings. The second-order valence-electron chi connectivity index (χ2n) is 4.74. The monoisotopic (exact) mass is 252 g/mol. The number of hydrogen-bond acceptors (Lipinski definition) is 3. The lowest BCUT2D eigenvalue weighted by Gasteiger charge is -2.02. The first-order valence-corrected chi connectivity index (χ1v) is 6.45. The van der Waals surface area contributed by atoms with Crippen LogP contribution in [0, 0.1) is 0 Å². The van der Waals surface area contributed by atoms with Gasteiger partial charge in [-0.1, -0.05) is 18.2 Å². The lowest BCUT2D eigenvalue weighted by atomic mass is 10.1. The van der Waals surface area contributed by atoms with E-state index in [-0.39, 0.29) is 6.10 Å². The zero-order valence-electron chi connectivity index (χ0n) is 10.8. The van der Waals surface area contributed by atoms with Crippen molar-refractivity contribution < 1.29 is 4.74 Å². The number of hydrazone groups is 1. The molecule has 1 unspecified atom stereocenters. The number of ether oxygens (including phenoxy) is 1. The summed E-state index contributed by atoms with van der Waals surface area (Å²) >= 11 is 0. The van der Waals surface area contributed by atoms with E-state index in [0.717, 1.165) is 23.4 Å². The summed E-state index contributed by atoms with van der Waals surface area (Å²) in [5.74, 6) is 1.00. The maximum atomic E-state index is 5.68. The van der Waals surface area contributed by atoms with Gasteiger partial charge in [-0.25, -0.2) is 0 Å². The van der Waals surface area contributed by atoms with E-state index in [1.165, 1.54) is 5.56 Å². The van der Waals surface area contributed by atoms with Gasteiger partial charge in [0.2, 0.25) is 0 Å². The van der Waals surface area contributed by atoms with Crippen molar-refractivity contribution in [2.45, 2.75) is 19.4 Å². The van der Waals surface area contributed by atoms with Crippen molar-refractivity contribution in [2.75, 3.05) is 5.43 Å². The average Bonchev–Trinajstić information content (AvgIpc) is 2.79. The Morgan fingerprint density at radius 3 is 2.89 bits per heavy atom. The van der Waals surface area contributed by atoms with Gasteiger partial charge in [-0.2, -0.15) is 5.10 Å². The highest BCUT2D eigenvalue weighted by Gasteiger charge is 2.18. The molecule has 3 nitrogen and oxygen atoms in total. The standard InChI is InChI=1S/C16H16N2O/c1-12-9-14-10-13(7-8-16(14)19-12)11-17-18-15-5-3-2-4-6-15/h2-8,10-12,18H,9H2,1H3. The molecule has 0 saturated carbocycles. The summed E-state index contributed by atoms with van der Waals surface area (Å²) in [5, 5.41) is 4.24. The van der Waals surface area contributed by atoms with Crippen LogP contribution >= 0.6 is 0 Å². The summed E-state index contributed by atoms with van der Waals surface area (Å²) in [5.41, 5.74) is 6.33. The van der Waals surface area contributed by atoms with E-state index in [2.05, 4.69) is 23.5 Å². The SMILES string of the molecule is CC1Cc2cc(C=NNc3ccccc3)ccc2O1. The molecule has 0 bridgehead atoms. The van der Waals surface area contributed by atoms with Gasteiger partial charge in [0, 0.05) is 6.42 Å². The van der Waals surface area contributed by atoms with E-state index in [9.17, 15) is 0 Å². The lowest BCUT2D eigenvalue weighted by Crippen LogP contribution is -2.05. The summed E-state index contributed by atoms with van der Waals surface area (Å²) in [6, 6.07) is 16.1. The van der Waals surface area contributed by atoms with Gasteiger partial charge in [-0.3, -0.25) is 5.43 Å². The molecule has 3 heteroatoms. The molecule has 96 valence electrons. The van der Waals surface area contributed by atoms with Gasteiger partial charge >= 0.3 is 0 Å². The van der Waals surface area contributed by atoms with Crippen LogP contribution in [0.1, 0.15) is 18.1 Å². The van der Waals surface area contributed by atoms with E-state index in [1.54, 1.807) is 0 Å². The molecule has 19 heavy (non-hydrogen) atoms. The average molecular weight is 252 g/mol. The summed E-state index contributed by atoms with van der Waals surface area (Å²) in [7, 11) is 0. The van der Waals surface area contributed by atoms with E-state index in [1.807, 2.05) is 48.7 Å². The van der Waals surface area contributed by atoms with Crippen LogP contribution < -0.4 is 10.2 Å². The predicted octanol–water partition coefficient (Wildman–Crippen LogP) is 3.46. The maximum Gasteiger partial charge on any atom is 0.123 e. The Hall–Kier alpha value is -2.29. The summed E-state index contributed by atoms with van der Waals surface area (Å²) in [4.78, 5) is 0. The minimum Gasteiger partial charge on any atom is -0.490 e. The highest BCUT2D eigenvalue weighted by atomic mass is 16.5. The number of nitrogens with one attached hydrogen (secondary N) is 1. The molecule has 2 aromatic rings. The zero-order valence-corrected chi connectivity index (χ0v) is 10.8. The second-order valence-corrected chi connectivity index (χ2v) is 4.74. The molecular weight excluding hydrogens is 236 g/mol. The Morgan fingerprint density at radius 2 is 2.05 bits per heavy atom. The van der Waals surface area contributed by atoms with Crippen molar-refractivity contribution in [3.8, 4) is 5.75 Å². The van der Waals surface area contributed by atoms with Crippen molar-refractivity contribution in [1.82, 2.24) is 0 Å². The Labute approximate surface area is 112 Å². The maximum absolute atomic E-state index is 5.68. The molecule has 1 aliphatic heterocycles. The highest BCUT2D eigenvalue weighted by Crippen LogP contribution is 2.28. The molecule has 1 atom stereocenters. The summed E-state index contributed by atoms with van der Waals surface area (Å²) in [6.07, 6.45) is 3.09. The van der Waals surface area contributed by atoms with Crippen molar-refractivity contribution in [2.24, 2.45) is 5.10 Å². The first kappa shape index (κ1) is 11.8. The fourth-order valence-electron chi connectivity index (χ4n) is 2.22. The first-order valence-electron chi connectivity index (χ1n) is 6.45. The van der Waals surface area contributed by atoms with Crippen molar-refractivity contribution in [3.63, 3.8) is 0 Å². The van der Waals surface area contributed by atoms with E-state index in [0.29, 0.717) is 0 Å².